The Labute approximate surface area is 146 Å². The molecule has 0 radical (unpaired) electrons. The van der Waals surface area contributed by atoms with E-state index in [1.54, 1.807) is 6.20 Å². The first kappa shape index (κ1) is 15.5. The van der Waals surface area contributed by atoms with Gasteiger partial charge in [0.05, 0.1) is 34.8 Å². The number of nitrogens with zero attached hydrogens (tertiary/aromatic N) is 4. The van der Waals surface area contributed by atoms with Gasteiger partial charge in [0.2, 0.25) is 0 Å². The van der Waals surface area contributed by atoms with Crippen molar-refractivity contribution in [2.45, 2.75) is 12.8 Å². The molecule has 0 aliphatic rings. The van der Waals surface area contributed by atoms with Crippen molar-refractivity contribution in [1.82, 2.24) is 19.7 Å². The lowest BCUT2D eigenvalue weighted by Crippen LogP contribution is -2.01. The number of aromatic nitrogens is 4. The standard InChI is InChI=1S/C20H19N5/c21-10-4-6-15-5-3-7-17(11-15)25-14-16(12-23-25)20-13-22-18-8-1-2-9-19(18)24-20/h1-3,5,7-9,11-14H,4,6,10,21H2. The predicted octanol–water partition coefficient (Wildman–Crippen LogP) is 3.37. The molecule has 4 aromatic rings. The van der Waals surface area contributed by atoms with E-state index in [1.807, 2.05) is 41.3 Å². The monoisotopic (exact) mass is 329 g/mol. The third kappa shape index (κ3) is 3.27. The second-order valence-corrected chi connectivity index (χ2v) is 5.98. The summed E-state index contributed by atoms with van der Waals surface area (Å²) < 4.78 is 1.87. The summed E-state index contributed by atoms with van der Waals surface area (Å²) in [7, 11) is 0. The molecule has 0 unspecified atom stereocenters. The molecular weight excluding hydrogens is 310 g/mol. The van der Waals surface area contributed by atoms with Gasteiger partial charge in [-0.15, -0.1) is 0 Å². The quantitative estimate of drug-likeness (QED) is 0.609. The summed E-state index contributed by atoms with van der Waals surface area (Å²) in [6.07, 6.45) is 7.57. The zero-order valence-corrected chi connectivity index (χ0v) is 13.8. The van der Waals surface area contributed by atoms with Crippen LogP contribution in [0.5, 0.6) is 0 Å². The van der Waals surface area contributed by atoms with Crippen molar-refractivity contribution in [3.63, 3.8) is 0 Å². The highest BCUT2D eigenvalue weighted by atomic mass is 15.3. The highest BCUT2D eigenvalue weighted by Gasteiger charge is 2.07. The molecule has 0 fully saturated rings. The molecule has 0 saturated heterocycles. The van der Waals surface area contributed by atoms with Crippen molar-refractivity contribution < 1.29 is 0 Å². The first-order valence-electron chi connectivity index (χ1n) is 8.40. The molecule has 2 aromatic heterocycles. The summed E-state index contributed by atoms with van der Waals surface area (Å²) >= 11 is 0. The van der Waals surface area contributed by atoms with Crippen molar-refractivity contribution in [3.05, 3.63) is 72.7 Å². The smallest absolute Gasteiger partial charge is 0.0924 e. The minimum Gasteiger partial charge on any atom is -0.330 e. The second-order valence-electron chi connectivity index (χ2n) is 5.98. The van der Waals surface area contributed by atoms with Gasteiger partial charge in [-0.1, -0.05) is 24.3 Å². The van der Waals surface area contributed by atoms with Gasteiger partial charge in [0.1, 0.15) is 0 Å². The number of fused-ring (bicyclic) bond motifs is 1. The van der Waals surface area contributed by atoms with Crippen LogP contribution >= 0.6 is 0 Å². The molecule has 0 amide bonds. The van der Waals surface area contributed by atoms with Gasteiger partial charge >= 0.3 is 0 Å². The first-order valence-corrected chi connectivity index (χ1v) is 8.40. The average Bonchev–Trinajstić information content (AvgIpc) is 3.16. The number of benzene rings is 2. The zero-order valence-electron chi connectivity index (χ0n) is 13.8. The molecule has 4 rings (SSSR count). The molecule has 0 spiro atoms. The van der Waals surface area contributed by atoms with Crippen molar-refractivity contribution in [3.8, 4) is 16.9 Å². The lowest BCUT2D eigenvalue weighted by Gasteiger charge is -2.05. The van der Waals surface area contributed by atoms with Crippen LogP contribution in [0.1, 0.15) is 12.0 Å². The van der Waals surface area contributed by atoms with E-state index in [0.717, 1.165) is 40.8 Å². The van der Waals surface area contributed by atoms with Crippen molar-refractivity contribution >= 4 is 11.0 Å². The lowest BCUT2D eigenvalue weighted by atomic mass is 10.1. The molecule has 0 aliphatic carbocycles. The predicted molar refractivity (Wildman–Crippen MR) is 99.5 cm³/mol. The summed E-state index contributed by atoms with van der Waals surface area (Å²) in [6.45, 7) is 0.705. The van der Waals surface area contributed by atoms with Crippen molar-refractivity contribution in [2.75, 3.05) is 6.54 Å². The van der Waals surface area contributed by atoms with Gasteiger partial charge in [0.15, 0.2) is 0 Å². The van der Waals surface area contributed by atoms with E-state index in [1.165, 1.54) is 5.56 Å². The lowest BCUT2D eigenvalue weighted by molar-refractivity contribution is 0.826. The molecule has 25 heavy (non-hydrogen) atoms. The highest BCUT2D eigenvalue weighted by molar-refractivity contribution is 5.76. The van der Waals surface area contributed by atoms with Gasteiger partial charge in [0, 0.05) is 11.8 Å². The van der Waals surface area contributed by atoms with Crippen LogP contribution in [0, 0.1) is 0 Å². The molecule has 2 heterocycles. The van der Waals surface area contributed by atoms with Gasteiger partial charge in [-0.05, 0) is 49.2 Å². The molecule has 0 bridgehead atoms. The van der Waals surface area contributed by atoms with Gasteiger partial charge in [-0.2, -0.15) is 5.10 Å². The Morgan fingerprint density at radius 3 is 2.72 bits per heavy atom. The molecule has 5 nitrogen and oxygen atoms in total. The summed E-state index contributed by atoms with van der Waals surface area (Å²) in [5, 5.41) is 4.49. The second kappa shape index (κ2) is 6.83. The van der Waals surface area contributed by atoms with Gasteiger partial charge in [-0.25, -0.2) is 9.67 Å². The van der Waals surface area contributed by atoms with Crippen LogP contribution in [0.4, 0.5) is 0 Å². The van der Waals surface area contributed by atoms with Gasteiger partial charge < -0.3 is 5.73 Å². The minimum atomic E-state index is 0.705. The van der Waals surface area contributed by atoms with E-state index < -0.39 is 0 Å². The van der Waals surface area contributed by atoms with E-state index in [9.17, 15) is 0 Å². The molecular formula is C20H19N5. The largest absolute Gasteiger partial charge is 0.330 e. The normalized spacial score (nSPS) is 11.1. The topological polar surface area (TPSA) is 69.6 Å². The van der Waals surface area contributed by atoms with E-state index in [4.69, 9.17) is 5.73 Å². The number of para-hydroxylation sites is 2. The van der Waals surface area contributed by atoms with Crippen LogP contribution in [-0.2, 0) is 6.42 Å². The highest BCUT2D eigenvalue weighted by Crippen LogP contribution is 2.20. The Balaban J connectivity index is 1.65. The summed E-state index contributed by atoms with van der Waals surface area (Å²) in [5.41, 5.74) is 11.5. The van der Waals surface area contributed by atoms with E-state index in [-0.39, 0.29) is 0 Å². The molecule has 0 saturated carbocycles. The van der Waals surface area contributed by atoms with Crippen LogP contribution in [0.3, 0.4) is 0 Å². The fourth-order valence-electron chi connectivity index (χ4n) is 2.85. The summed E-state index contributed by atoms with van der Waals surface area (Å²) in [6, 6.07) is 16.2. The SMILES string of the molecule is NCCCc1cccc(-n2cc(-c3cnc4ccccc4n3)cn2)c1. The Bertz CT molecular complexity index is 1010. The maximum absolute atomic E-state index is 5.60. The zero-order chi connectivity index (χ0) is 17.1. The Hall–Kier alpha value is -3.05. The van der Waals surface area contributed by atoms with Crippen LogP contribution in [0.25, 0.3) is 28.0 Å². The van der Waals surface area contributed by atoms with Crippen LogP contribution in [-0.4, -0.2) is 26.3 Å². The number of hydrogen-bond acceptors (Lipinski definition) is 4. The maximum Gasteiger partial charge on any atom is 0.0924 e. The molecule has 5 heteroatoms. The molecule has 124 valence electrons. The third-order valence-electron chi connectivity index (χ3n) is 4.17. The van der Waals surface area contributed by atoms with Crippen molar-refractivity contribution in [1.29, 1.82) is 0 Å². The Morgan fingerprint density at radius 1 is 0.960 bits per heavy atom. The number of nitrogens with two attached hydrogens (primary N) is 1. The van der Waals surface area contributed by atoms with E-state index in [2.05, 4.69) is 39.3 Å². The summed E-state index contributed by atoms with van der Waals surface area (Å²) in [5.74, 6) is 0. The average molecular weight is 329 g/mol. The maximum atomic E-state index is 5.60. The fourth-order valence-corrected chi connectivity index (χ4v) is 2.85. The van der Waals surface area contributed by atoms with E-state index >= 15 is 0 Å². The minimum absolute atomic E-state index is 0.705. The van der Waals surface area contributed by atoms with Gasteiger partial charge in [-0.3, -0.25) is 4.98 Å². The molecule has 2 aromatic carbocycles. The first-order chi connectivity index (χ1) is 12.3. The van der Waals surface area contributed by atoms with Crippen molar-refractivity contribution in [2.24, 2.45) is 5.73 Å². The molecule has 0 aliphatic heterocycles. The van der Waals surface area contributed by atoms with E-state index in [0.29, 0.717) is 6.54 Å². The van der Waals surface area contributed by atoms with Crippen LogP contribution < -0.4 is 5.73 Å². The molecule has 0 atom stereocenters. The van der Waals surface area contributed by atoms with Gasteiger partial charge in [0.25, 0.3) is 0 Å². The Kier molecular flexibility index (Phi) is 4.23. The fraction of sp³-hybridized carbons (Fsp3) is 0.150. The summed E-state index contributed by atoms with van der Waals surface area (Å²) in [4.78, 5) is 9.16. The number of rotatable bonds is 5. The number of aryl methyl sites for hydroxylation is 1. The third-order valence-corrected chi connectivity index (χ3v) is 4.17. The number of hydrogen-bond donors (Lipinski definition) is 1. The van der Waals surface area contributed by atoms with Crippen LogP contribution in [0.15, 0.2) is 67.1 Å². The van der Waals surface area contributed by atoms with Crippen LogP contribution in [0.2, 0.25) is 0 Å². The molecule has 2 N–H and O–H groups in total. The Morgan fingerprint density at radius 2 is 1.84 bits per heavy atom.